The molecule has 0 unspecified atom stereocenters. The Balaban J connectivity index is 3.83. The van der Waals surface area contributed by atoms with Crippen molar-refractivity contribution in [1.29, 1.82) is 0 Å². The Morgan fingerprint density at radius 3 is 1.11 bits per heavy atom. The van der Waals surface area contributed by atoms with Gasteiger partial charge in [0.25, 0.3) is 0 Å². The summed E-state index contributed by atoms with van der Waals surface area (Å²) < 4.78 is 24.1. The first-order valence-electron chi connectivity index (χ1n) is 10.7. The normalized spacial score (nSPS) is 12.6. The van der Waals surface area contributed by atoms with E-state index in [0.29, 0.717) is 0 Å². The topological polar surface area (TPSA) is 36.9 Å². The Labute approximate surface area is 191 Å². The molecule has 0 atom stereocenters. The molecule has 0 aliphatic carbocycles. The van der Waals surface area contributed by atoms with Crippen LogP contribution in [0.25, 0.3) is 0 Å². The van der Waals surface area contributed by atoms with Gasteiger partial charge in [0.2, 0.25) is 0 Å². The van der Waals surface area contributed by atoms with Gasteiger partial charge in [-0.15, -0.1) is 0 Å². The molecule has 4 nitrogen and oxygen atoms in total. The summed E-state index contributed by atoms with van der Waals surface area (Å²) in [6.07, 6.45) is 2.35. The first-order chi connectivity index (χ1) is 13.6. The zero-order valence-electron chi connectivity index (χ0n) is 18.8. The highest BCUT2D eigenvalue weighted by Crippen LogP contribution is 2.44. The van der Waals surface area contributed by atoms with Crippen molar-refractivity contribution in [2.45, 2.75) is 78.6 Å². The molecule has 0 aliphatic heterocycles. The van der Waals surface area contributed by atoms with E-state index in [4.69, 9.17) is 17.7 Å². The van der Waals surface area contributed by atoms with Crippen molar-refractivity contribution in [2.24, 2.45) is 0 Å². The predicted octanol–water partition coefficient (Wildman–Crippen LogP) is 7.51. The van der Waals surface area contributed by atoms with E-state index in [-0.39, 0.29) is 0 Å². The van der Waals surface area contributed by atoms with E-state index < -0.39 is 17.1 Å². The Morgan fingerprint density at radius 2 is 0.857 bits per heavy atom. The third-order valence-electron chi connectivity index (χ3n) is 4.40. The second kappa shape index (κ2) is 19.4. The third kappa shape index (κ3) is 13.2. The summed E-state index contributed by atoms with van der Waals surface area (Å²) in [5, 5.41) is 0. The molecule has 0 aromatic rings. The highest BCUT2D eigenvalue weighted by molar-refractivity contribution is 9.26. The smallest absolute Gasteiger partial charge is 0.337 e. The van der Waals surface area contributed by atoms with E-state index in [9.17, 15) is 0 Å². The van der Waals surface area contributed by atoms with E-state index in [1.807, 2.05) is 41.2 Å². The van der Waals surface area contributed by atoms with E-state index in [2.05, 4.69) is 41.5 Å². The minimum Gasteiger partial charge on any atom is -0.394 e. The van der Waals surface area contributed by atoms with Crippen molar-refractivity contribution >= 4 is 58.4 Å². The molecular weight excluding hydrogens is 465 g/mol. The summed E-state index contributed by atoms with van der Waals surface area (Å²) in [7, 11) is 3.82. The van der Waals surface area contributed by atoms with Crippen LogP contribution in [0.1, 0.15) is 54.4 Å². The lowest BCUT2D eigenvalue weighted by atomic mass is 10.6. The largest absolute Gasteiger partial charge is 0.394 e. The number of rotatable bonds is 21. The molecule has 0 aliphatic rings. The van der Waals surface area contributed by atoms with Crippen molar-refractivity contribution < 1.29 is 17.7 Å². The maximum atomic E-state index is 6.04. The summed E-state index contributed by atoms with van der Waals surface area (Å²) in [5.41, 5.74) is 0. The fourth-order valence-corrected chi connectivity index (χ4v) is 15.6. The zero-order valence-corrected chi connectivity index (χ0v) is 24.0. The highest BCUT2D eigenvalue weighted by Gasteiger charge is 2.35. The minimum absolute atomic E-state index is 0.767. The molecule has 0 spiro atoms. The summed E-state index contributed by atoms with van der Waals surface area (Å²) in [6, 6.07) is 4.30. The molecule has 0 N–H and O–H groups in total. The van der Waals surface area contributed by atoms with Crippen LogP contribution in [0.4, 0.5) is 0 Å². The number of hydrogen-bond acceptors (Lipinski definition) is 8. The fraction of sp³-hybridized carbons (Fsp3) is 1.00. The molecule has 0 radical (unpaired) electrons. The first-order valence-corrected chi connectivity index (χ1v) is 20.3. The van der Waals surface area contributed by atoms with E-state index in [1.54, 1.807) is 0 Å². The molecule has 0 aromatic heterocycles. The molecule has 0 bridgehead atoms. The Bertz CT molecular complexity index is 314. The Hall–Kier alpha value is 1.67. The van der Waals surface area contributed by atoms with Gasteiger partial charge < -0.3 is 17.7 Å². The molecule has 10 heteroatoms. The van der Waals surface area contributed by atoms with Gasteiger partial charge >= 0.3 is 17.1 Å². The van der Waals surface area contributed by atoms with Crippen molar-refractivity contribution in [3.05, 3.63) is 0 Å². The van der Waals surface area contributed by atoms with Gasteiger partial charge in [-0.3, -0.25) is 0 Å². The van der Waals surface area contributed by atoms with E-state index in [1.165, 1.54) is 12.8 Å². The van der Waals surface area contributed by atoms with Gasteiger partial charge in [-0.25, -0.2) is 0 Å². The SMILES string of the molecule is CCO[Si](CC)(CCCSSSSCCC[Si](CC)(OCC)OCC)OCC. The van der Waals surface area contributed by atoms with Gasteiger partial charge in [-0.1, -0.05) is 35.4 Å². The molecule has 28 heavy (non-hydrogen) atoms. The molecule has 0 saturated heterocycles. The highest BCUT2D eigenvalue weighted by atomic mass is 33.7. The van der Waals surface area contributed by atoms with Gasteiger partial charge in [0.1, 0.15) is 0 Å². The molecule has 0 heterocycles. The second-order valence-corrected chi connectivity index (χ2v) is 19.7. The molecule has 0 rings (SSSR count). The molecule has 0 fully saturated rings. The van der Waals surface area contributed by atoms with Crippen LogP contribution in [0, 0.1) is 0 Å². The molecule has 0 aromatic carbocycles. The van der Waals surface area contributed by atoms with Gasteiger partial charge in [0, 0.05) is 37.9 Å². The van der Waals surface area contributed by atoms with Crippen LogP contribution >= 0.6 is 41.2 Å². The van der Waals surface area contributed by atoms with Crippen LogP contribution in [0.15, 0.2) is 0 Å². The first kappa shape index (κ1) is 29.7. The van der Waals surface area contributed by atoms with Crippen LogP contribution in [-0.4, -0.2) is 55.1 Å². The average molecular weight is 507 g/mol. The van der Waals surface area contributed by atoms with E-state index >= 15 is 0 Å². The van der Waals surface area contributed by atoms with Gasteiger partial charge in [0.05, 0.1) is 0 Å². The summed E-state index contributed by atoms with van der Waals surface area (Å²) in [4.78, 5) is 0. The van der Waals surface area contributed by atoms with Crippen LogP contribution in [0.3, 0.4) is 0 Å². The quantitative estimate of drug-likeness (QED) is 0.0898. The number of hydrogen-bond donors (Lipinski definition) is 0. The predicted molar refractivity (Wildman–Crippen MR) is 138 cm³/mol. The lowest BCUT2D eigenvalue weighted by Crippen LogP contribution is -2.41. The summed E-state index contributed by atoms with van der Waals surface area (Å²) in [6.45, 7) is 15.8. The molecular formula is C18H42O4S4Si2. The third-order valence-corrected chi connectivity index (χ3v) is 18.7. The maximum Gasteiger partial charge on any atom is 0.337 e. The van der Waals surface area contributed by atoms with E-state index in [0.717, 1.165) is 62.1 Å². The lowest BCUT2D eigenvalue weighted by molar-refractivity contribution is 0.182. The minimum atomic E-state index is -1.95. The summed E-state index contributed by atoms with van der Waals surface area (Å²) in [5.74, 6) is 2.32. The Morgan fingerprint density at radius 1 is 0.536 bits per heavy atom. The van der Waals surface area contributed by atoms with Gasteiger partial charge in [-0.2, -0.15) is 0 Å². The van der Waals surface area contributed by atoms with Crippen LogP contribution < -0.4 is 0 Å². The monoisotopic (exact) mass is 506 g/mol. The van der Waals surface area contributed by atoms with Gasteiger partial charge in [-0.05, 0) is 84.4 Å². The van der Waals surface area contributed by atoms with Crippen molar-refractivity contribution in [2.75, 3.05) is 37.9 Å². The average Bonchev–Trinajstić information content (AvgIpc) is 2.69. The standard InChI is InChI=1S/C18H42O4S4Si2/c1-7-19-27(11-5,20-8-2)17-13-15-23-25-26-24-16-14-18-28(12-6,21-9-3)22-10-4/h7-18H2,1-6H3. The van der Waals surface area contributed by atoms with Gasteiger partial charge in [0.15, 0.2) is 0 Å². The van der Waals surface area contributed by atoms with Crippen LogP contribution in [-0.2, 0) is 17.7 Å². The fourth-order valence-electron chi connectivity index (χ4n) is 3.09. The molecule has 0 amide bonds. The van der Waals surface area contributed by atoms with Crippen molar-refractivity contribution in [3.63, 3.8) is 0 Å². The van der Waals surface area contributed by atoms with Crippen LogP contribution in [0.5, 0.6) is 0 Å². The second-order valence-electron chi connectivity index (χ2n) is 6.25. The van der Waals surface area contributed by atoms with Crippen molar-refractivity contribution in [3.8, 4) is 0 Å². The zero-order chi connectivity index (χ0) is 21.1. The van der Waals surface area contributed by atoms with Crippen molar-refractivity contribution in [1.82, 2.24) is 0 Å². The lowest BCUT2D eigenvalue weighted by Gasteiger charge is -2.28. The maximum absolute atomic E-state index is 6.04. The Kier molecular flexibility index (Phi) is 20.5. The van der Waals surface area contributed by atoms with Crippen LogP contribution in [0.2, 0.25) is 24.2 Å². The molecule has 0 saturated carbocycles. The molecule has 170 valence electrons. The summed E-state index contributed by atoms with van der Waals surface area (Å²) >= 11 is 0.